The first-order valence-corrected chi connectivity index (χ1v) is 13.4. The summed E-state index contributed by atoms with van der Waals surface area (Å²) in [6.07, 6.45) is 11.8. The second-order valence-corrected chi connectivity index (χ2v) is 11.8. The molecular formula is C32H48. The van der Waals surface area contributed by atoms with Crippen LogP contribution < -0.4 is 0 Å². The van der Waals surface area contributed by atoms with Gasteiger partial charge in [-0.1, -0.05) is 78.8 Å². The molecule has 0 aliphatic heterocycles. The molecule has 2 aliphatic rings. The van der Waals surface area contributed by atoms with Gasteiger partial charge in [-0.05, 0) is 120 Å². The third-order valence-electron chi connectivity index (χ3n) is 8.77. The molecule has 0 bridgehead atoms. The molecule has 0 saturated carbocycles. The molecule has 0 saturated heterocycles. The fraction of sp³-hybridized carbons (Fsp3) is 0.625. The van der Waals surface area contributed by atoms with E-state index in [2.05, 4.69) is 85.7 Å². The maximum Gasteiger partial charge on any atom is -0.0103 e. The first-order chi connectivity index (χ1) is 15.1. The number of benzene rings is 2. The quantitative estimate of drug-likeness (QED) is 0.451. The molecule has 176 valence electrons. The summed E-state index contributed by atoms with van der Waals surface area (Å²) >= 11 is 0. The minimum atomic E-state index is 0.323. The summed E-state index contributed by atoms with van der Waals surface area (Å²) in [4.78, 5) is 0. The highest BCUT2D eigenvalue weighted by atomic mass is 14.3. The molecule has 32 heavy (non-hydrogen) atoms. The first kappa shape index (κ1) is 25.1. The van der Waals surface area contributed by atoms with Gasteiger partial charge in [0, 0.05) is 0 Å². The van der Waals surface area contributed by atoms with Gasteiger partial charge >= 0.3 is 0 Å². The highest BCUT2D eigenvalue weighted by molar-refractivity contribution is 5.47. The van der Waals surface area contributed by atoms with E-state index in [1.165, 1.54) is 68.9 Å². The number of hydrogen-bond donors (Lipinski definition) is 0. The Kier molecular flexibility index (Phi) is 7.95. The summed E-state index contributed by atoms with van der Waals surface area (Å²) in [5.41, 5.74) is 11.8. The Hall–Kier alpha value is -1.56. The van der Waals surface area contributed by atoms with Crippen LogP contribution in [0.25, 0.3) is 0 Å². The van der Waals surface area contributed by atoms with Crippen LogP contribution in [0.15, 0.2) is 30.3 Å². The Morgan fingerprint density at radius 3 is 2.09 bits per heavy atom. The van der Waals surface area contributed by atoms with Gasteiger partial charge < -0.3 is 0 Å². The normalized spacial score (nSPS) is 18.3. The molecule has 0 heteroatoms. The molecule has 0 fully saturated rings. The van der Waals surface area contributed by atoms with Crippen LogP contribution in [0.3, 0.4) is 0 Å². The lowest BCUT2D eigenvalue weighted by Crippen LogP contribution is -2.22. The zero-order chi connectivity index (χ0) is 23.5. The molecule has 2 aromatic rings. The van der Waals surface area contributed by atoms with Crippen molar-refractivity contribution in [2.24, 2.45) is 0 Å². The van der Waals surface area contributed by atoms with Crippen LogP contribution in [0.1, 0.15) is 132 Å². The Bertz CT molecular complexity index is 912. The zero-order valence-electron chi connectivity index (χ0n) is 22.3. The Morgan fingerprint density at radius 2 is 1.44 bits per heavy atom. The Balaban J connectivity index is 0.000000182. The van der Waals surface area contributed by atoms with E-state index in [0.29, 0.717) is 10.8 Å². The van der Waals surface area contributed by atoms with Gasteiger partial charge in [-0.3, -0.25) is 0 Å². The van der Waals surface area contributed by atoms with E-state index in [9.17, 15) is 0 Å². The van der Waals surface area contributed by atoms with Gasteiger partial charge in [0.15, 0.2) is 0 Å². The summed E-state index contributed by atoms with van der Waals surface area (Å²) in [7, 11) is 0. The van der Waals surface area contributed by atoms with E-state index in [4.69, 9.17) is 0 Å². The van der Waals surface area contributed by atoms with Crippen molar-refractivity contribution in [3.05, 3.63) is 69.3 Å². The van der Waals surface area contributed by atoms with Crippen molar-refractivity contribution < 1.29 is 0 Å². The van der Waals surface area contributed by atoms with E-state index >= 15 is 0 Å². The molecule has 0 aromatic heterocycles. The van der Waals surface area contributed by atoms with Crippen molar-refractivity contribution in [3.8, 4) is 0 Å². The van der Waals surface area contributed by atoms with E-state index in [1.54, 1.807) is 27.8 Å². The number of aryl methyl sites for hydroxylation is 3. The smallest absolute Gasteiger partial charge is 0.0103 e. The van der Waals surface area contributed by atoms with Crippen LogP contribution in [0, 0.1) is 6.92 Å². The predicted octanol–water partition coefficient (Wildman–Crippen LogP) is 9.38. The van der Waals surface area contributed by atoms with Crippen molar-refractivity contribution in [1.82, 2.24) is 0 Å². The number of rotatable bonds is 4. The van der Waals surface area contributed by atoms with Crippen molar-refractivity contribution in [1.29, 1.82) is 0 Å². The molecule has 0 nitrogen and oxygen atoms in total. The second-order valence-electron chi connectivity index (χ2n) is 11.8. The van der Waals surface area contributed by atoms with Gasteiger partial charge in [-0.25, -0.2) is 0 Å². The van der Waals surface area contributed by atoms with Crippen LogP contribution in [-0.2, 0) is 30.1 Å². The minimum absolute atomic E-state index is 0.323. The van der Waals surface area contributed by atoms with E-state index in [1.807, 2.05) is 0 Å². The van der Waals surface area contributed by atoms with Gasteiger partial charge in [0.1, 0.15) is 0 Å². The van der Waals surface area contributed by atoms with Crippen LogP contribution in [0.2, 0.25) is 0 Å². The van der Waals surface area contributed by atoms with Crippen molar-refractivity contribution in [2.75, 3.05) is 0 Å². The number of fused-ring (bicyclic) bond motifs is 2. The topological polar surface area (TPSA) is 0 Å². The van der Waals surface area contributed by atoms with Crippen LogP contribution in [0.5, 0.6) is 0 Å². The Morgan fingerprint density at radius 1 is 0.781 bits per heavy atom. The van der Waals surface area contributed by atoms with Gasteiger partial charge in [0.25, 0.3) is 0 Å². The van der Waals surface area contributed by atoms with Crippen molar-refractivity contribution >= 4 is 0 Å². The zero-order valence-corrected chi connectivity index (χ0v) is 22.3. The van der Waals surface area contributed by atoms with Crippen molar-refractivity contribution in [2.45, 2.75) is 130 Å². The lowest BCUT2D eigenvalue weighted by atomic mass is 9.71. The molecule has 0 spiro atoms. The molecular weight excluding hydrogens is 384 g/mol. The summed E-state index contributed by atoms with van der Waals surface area (Å²) in [6, 6.07) is 11.9. The molecule has 4 rings (SSSR count). The van der Waals surface area contributed by atoms with Gasteiger partial charge in [0.05, 0.1) is 0 Å². The maximum atomic E-state index is 2.46. The molecule has 0 heterocycles. The molecule has 1 atom stereocenters. The largest absolute Gasteiger partial charge is 0.0646 e. The number of hydrogen-bond acceptors (Lipinski definition) is 0. The molecule has 2 aromatic carbocycles. The lowest BCUT2D eigenvalue weighted by molar-refractivity contribution is 0.483. The van der Waals surface area contributed by atoms with E-state index in [-0.39, 0.29) is 0 Å². The van der Waals surface area contributed by atoms with Gasteiger partial charge in [-0.15, -0.1) is 0 Å². The summed E-state index contributed by atoms with van der Waals surface area (Å²) in [6.45, 7) is 18.7. The van der Waals surface area contributed by atoms with Gasteiger partial charge in [-0.2, -0.15) is 0 Å². The van der Waals surface area contributed by atoms with E-state index in [0.717, 1.165) is 5.92 Å². The van der Waals surface area contributed by atoms with E-state index < -0.39 is 0 Å². The SMILES string of the molecule is CCC(C)(C)c1ccc(C)c2c1C(C)CCC2.CCC(C)(C)c1ccc2c(c1)CCCC2. The first-order valence-electron chi connectivity index (χ1n) is 13.4. The maximum absolute atomic E-state index is 2.46. The summed E-state index contributed by atoms with van der Waals surface area (Å²) in [5.74, 6) is 0.750. The minimum Gasteiger partial charge on any atom is -0.0646 e. The average Bonchev–Trinajstić information content (AvgIpc) is 2.80. The molecule has 1 unspecified atom stereocenters. The van der Waals surface area contributed by atoms with Crippen LogP contribution in [0.4, 0.5) is 0 Å². The highest BCUT2D eigenvalue weighted by Gasteiger charge is 2.28. The highest BCUT2D eigenvalue weighted by Crippen LogP contribution is 2.41. The third-order valence-corrected chi connectivity index (χ3v) is 8.77. The monoisotopic (exact) mass is 432 g/mol. The predicted molar refractivity (Wildman–Crippen MR) is 142 cm³/mol. The molecule has 0 N–H and O–H groups in total. The van der Waals surface area contributed by atoms with Crippen molar-refractivity contribution in [3.63, 3.8) is 0 Å². The Labute approximate surface area is 199 Å². The lowest BCUT2D eigenvalue weighted by Gasteiger charge is -2.34. The molecule has 0 radical (unpaired) electrons. The third kappa shape index (κ3) is 5.32. The second kappa shape index (κ2) is 10.1. The molecule has 2 aliphatic carbocycles. The van der Waals surface area contributed by atoms with Crippen LogP contribution >= 0.6 is 0 Å². The summed E-state index contributed by atoms with van der Waals surface area (Å²) in [5, 5.41) is 0. The average molecular weight is 433 g/mol. The van der Waals surface area contributed by atoms with Crippen LogP contribution in [-0.4, -0.2) is 0 Å². The fourth-order valence-corrected chi connectivity index (χ4v) is 5.54. The summed E-state index contributed by atoms with van der Waals surface area (Å²) < 4.78 is 0. The molecule has 0 amide bonds. The standard InChI is InChI=1S/C17H26.C15H22/c1-6-17(4,5)15-11-10-12(2)14-9-7-8-13(3)16(14)15;1-4-15(2,3)14-10-9-12-7-5-6-8-13(12)11-14/h10-11,13H,6-9H2,1-5H3;9-11H,4-8H2,1-3H3. The fourth-order valence-electron chi connectivity index (χ4n) is 5.54. The van der Waals surface area contributed by atoms with Gasteiger partial charge in [0.2, 0.25) is 0 Å².